The van der Waals surface area contributed by atoms with Gasteiger partial charge in [0.1, 0.15) is 0 Å². The molecule has 0 saturated heterocycles. The molecule has 0 aromatic heterocycles. The third-order valence-corrected chi connectivity index (χ3v) is 4.90. The molecule has 18 heavy (non-hydrogen) atoms. The predicted octanol–water partition coefficient (Wildman–Crippen LogP) is 3.71. The molecule has 2 heteroatoms. The highest BCUT2D eigenvalue weighted by molar-refractivity contribution is 4.84. The van der Waals surface area contributed by atoms with Gasteiger partial charge in [-0.05, 0) is 56.0 Å². The highest BCUT2D eigenvalue weighted by Gasteiger charge is 2.32. The van der Waals surface area contributed by atoms with Gasteiger partial charge in [0.05, 0.1) is 0 Å². The van der Waals surface area contributed by atoms with E-state index in [1.165, 1.54) is 38.6 Å². The van der Waals surface area contributed by atoms with Crippen LogP contribution >= 0.6 is 0 Å². The number of ether oxygens (including phenoxy) is 1. The summed E-state index contributed by atoms with van der Waals surface area (Å²) in [6, 6.07) is 0. The maximum absolute atomic E-state index is 5.26. The molecule has 108 valence electrons. The van der Waals surface area contributed by atoms with Crippen LogP contribution in [0.4, 0.5) is 0 Å². The summed E-state index contributed by atoms with van der Waals surface area (Å²) in [6.45, 7) is 10.2. The lowest BCUT2D eigenvalue weighted by atomic mass is 9.68. The first-order chi connectivity index (χ1) is 8.72. The summed E-state index contributed by atoms with van der Waals surface area (Å²) in [6.07, 6.45) is 6.90. The van der Waals surface area contributed by atoms with E-state index in [9.17, 15) is 0 Å². The zero-order chi connectivity index (χ0) is 13.4. The molecule has 0 aromatic carbocycles. The molecule has 0 aromatic rings. The molecule has 0 bridgehead atoms. The third kappa shape index (κ3) is 4.89. The quantitative estimate of drug-likeness (QED) is 0.714. The maximum atomic E-state index is 5.26. The second kappa shape index (κ2) is 8.92. The molecule has 0 radical (unpaired) electrons. The second-order valence-corrected chi connectivity index (χ2v) is 6.08. The van der Waals surface area contributed by atoms with Gasteiger partial charge in [-0.3, -0.25) is 0 Å². The fraction of sp³-hybridized carbons (Fsp3) is 1.00. The Balaban J connectivity index is 2.52. The molecule has 0 spiro atoms. The van der Waals surface area contributed by atoms with Crippen LogP contribution in [0.15, 0.2) is 0 Å². The fourth-order valence-corrected chi connectivity index (χ4v) is 3.53. The van der Waals surface area contributed by atoms with Gasteiger partial charge in [0, 0.05) is 13.7 Å². The topological polar surface area (TPSA) is 21.3 Å². The van der Waals surface area contributed by atoms with Crippen LogP contribution < -0.4 is 5.32 Å². The standard InChI is InChI=1S/C16H33NO/c1-5-14-7-8-15(12-17-6-2)16(11-14)13(3)9-10-18-4/h13-17H,5-12H2,1-4H3. The van der Waals surface area contributed by atoms with Gasteiger partial charge >= 0.3 is 0 Å². The molecule has 1 aliphatic carbocycles. The normalized spacial score (nSPS) is 30.3. The van der Waals surface area contributed by atoms with Crippen molar-refractivity contribution in [3.05, 3.63) is 0 Å². The lowest BCUT2D eigenvalue weighted by molar-refractivity contribution is 0.0960. The minimum Gasteiger partial charge on any atom is -0.385 e. The molecule has 4 unspecified atom stereocenters. The summed E-state index contributed by atoms with van der Waals surface area (Å²) in [5, 5.41) is 3.56. The van der Waals surface area contributed by atoms with Gasteiger partial charge in [0.2, 0.25) is 0 Å². The monoisotopic (exact) mass is 255 g/mol. The summed E-state index contributed by atoms with van der Waals surface area (Å²) in [5.41, 5.74) is 0. The predicted molar refractivity (Wildman–Crippen MR) is 78.8 cm³/mol. The average molecular weight is 255 g/mol. The van der Waals surface area contributed by atoms with E-state index in [0.717, 1.165) is 36.8 Å². The second-order valence-electron chi connectivity index (χ2n) is 6.08. The van der Waals surface area contributed by atoms with Crippen molar-refractivity contribution in [3.8, 4) is 0 Å². The van der Waals surface area contributed by atoms with Crippen LogP contribution in [0.3, 0.4) is 0 Å². The minimum absolute atomic E-state index is 0.808. The molecule has 0 amide bonds. The van der Waals surface area contributed by atoms with E-state index in [2.05, 4.69) is 26.1 Å². The summed E-state index contributed by atoms with van der Waals surface area (Å²) in [7, 11) is 1.82. The first-order valence-corrected chi connectivity index (χ1v) is 7.92. The Labute approximate surface area is 114 Å². The van der Waals surface area contributed by atoms with Gasteiger partial charge in [-0.1, -0.05) is 33.6 Å². The molecule has 1 rings (SSSR count). The summed E-state index contributed by atoms with van der Waals surface area (Å²) in [5.74, 6) is 3.57. The van der Waals surface area contributed by atoms with Crippen LogP contribution in [0.1, 0.15) is 52.9 Å². The number of rotatable bonds is 8. The van der Waals surface area contributed by atoms with Crippen molar-refractivity contribution >= 4 is 0 Å². The molecule has 1 saturated carbocycles. The van der Waals surface area contributed by atoms with E-state index in [-0.39, 0.29) is 0 Å². The minimum atomic E-state index is 0.808. The number of hydrogen-bond donors (Lipinski definition) is 1. The van der Waals surface area contributed by atoms with Crippen LogP contribution in [-0.2, 0) is 4.74 Å². The van der Waals surface area contributed by atoms with Crippen molar-refractivity contribution < 1.29 is 4.74 Å². The Hall–Kier alpha value is -0.0800. The van der Waals surface area contributed by atoms with Crippen molar-refractivity contribution in [3.63, 3.8) is 0 Å². The Morgan fingerprint density at radius 1 is 1.28 bits per heavy atom. The van der Waals surface area contributed by atoms with Crippen molar-refractivity contribution in [1.82, 2.24) is 5.32 Å². The lowest BCUT2D eigenvalue weighted by Crippen LogP contribution is -2.36. The molecular formula is C16H33NO. The molecule has 1 N–H and O–H groups in total. The highest BCUT2D eigenvalue weighted by atomic mass is 16.5. The lowest BCUT2D eigenvalue weighted by Gasteiger charge is -2.39. The van der Waals surface area contributed by atoms with Crippen molar-refractivity contribution in [2.24, 2.45) is 23.7 Å². The van der Waals surface area contributed by atoms with E-state index in [4.69, 9.17) is 4.74 Å². The molecule has 1 fully saturated rings. The third-order valence-electron chi connectivity index (χ3n) is 4.90. The Morgan fingerprint density at radius 2 is 2.06 bits per heavy atom. The van der Waals surface area contributed by atoms with Gasteiger partial charge < -0.3 is 10.1 Å². The van der Waals surface area contributed by atoms with Gasteiger partial charge in [0.25, 0.3) is 0 Å². The van der Waals surface area contributed by atoms with Crippen LogP contribution in [0.5, 0.6) is 0 Å². The van der Waals surface area contributed by atoms with Crippen molar-refractivity contribution in [2.75, 3.05) is 26.8 Å². The smallest absolute Gasteiger partial charge is 0.0464 e. The average Bonchev–Trinajstić information content (AvgIpc) is 2.42. The summed E-state index contributed by atoms with van der Waals surface area (Å²) < 4.78 is 5.26. The van der Waals surface area contributed by atoms with Crippen LogP contribution in [0, 0.1) is 23.7 Å². The zero-order valence-corrected chi connectivity index (χ0v) is 12.9. The first-order valence-electron chi connectivity index (χ1n) is 7.92. The van der Waals surface area contributed by atoms with E-state index < -0.39 is 0 Å². The van der Waals surface area contributed by atoms with Crippen LogP contribution in [-0.4, -0.2) is 26.8 Å². The van der Waals surface area contributed by atoms with Gasteiger partial charge in [0.15, 0.2) is 0 Å². The van der Waals surface area contributed by atoms with E-state index in [0.29, 0.717) is 0 Å². The molecule has 2 nitrogen and oxygen atoms in total. The molecule has 0 aliphatic heterocycles. The Kier molecular flexibility index (Phi) is 7.92. The summed E-state index contributed by atoms with van der Waals surface area (Å²) >= 11 is 0. The summed E-state index contributed by atoms with van der Waals surface area (Å²) in [4.78, 5) is 0. The molecular weight excluding hydrogens is 222 g/mol. The highest BCUT2D eigenvalue weighted by Crippen LogP contribution is 2.40. The van der Waals surface area contributed by atoms with Gasteiger partial charge in [-0.2, -0.15) is 0 Å². The van der Waals surface area contributed by atoms with Crippen LogP contribution in [0.25, 0.3) is 0 Å². The Bertz CT molecular complexity index is 207. The van der Waals surface area contributed by atoms with Gasteiger partial charge in [-0.25, -0.2) is 0 Å². The van der Waals surface area contributed by atoms with E-state index in [1.807, 2.05) is 7.11 Å². The number of nitrogens with one attached hydrogen (secondary N) is 1. The molecule has 1 aliphatic rings. The van der Waals surface area contributed by atoms with Gasteiger partial charge in [-0.15, -0.1) is 0 Å². The van der Waals surface area contributed by atoms with E-state index >= 15 is 0 Å². The zero-order valence-electron chi connectivity index (χ0n) is 12.9. The number of methoxy groups -OCH3 is 1. The Morgan fingerprint density at radius 3 is 2.67 bits per heavy atom. The molecule has 4 atom stereocenters. The molecule has 0 heterocycles. The first kappa shape index (κ1) is 16.0. The maximum Gasteiger partial charge on any atom is 0.0464 e. The van der Waals surface area contributed by atoms with Crippen molar-refractivity contribution in [1.29, 1.82) is 0 Å². The number of hydrogen-bond acceptors (Lipinski definition) is 2. The van der Waals surface area contributed by atoms with Crippen molar-refractivity contribution in [2.45, 2.75) is 52.9 Å². The SMILES string of the molecule is CCNCC1CCC(CC)CC1C(C)CCOC. The largest absolute Gasteiger partial charge is 0.385 e. The fourth-order valence-electron chi connectivity index (χ4n) is 3.53. The van der Waals surface area contributed by atoms with E-state index in [1.54, 1.807) is 0 Å². The van der Waals surface area contributed by atoms with Crippen LogP contribution in [0.2, 0.25) is 0 Å².